The van der Waals surface area contributed by atoms with Crippen LogP contribution < -0.4 is 11.1 Å². The molecule has 0 unspecified atom stereocenters. The van der Waals surface area contributed by atoms with Gasteiger partial charge in [0.2, 0.25) is 0 Å². The van der Waals surface area contributed by atoms with Crippen LogP contribution in [0.4, 0.5) is 4.79 Å². The lowest BCUT2D eigenvalue weighted by atomic mass is 10.0. The van der Waals surface area contributed by atoms with Crippen LogP contribution in [0.2, 0.25) is 0 Å². The maximum absolute atomic E-state index is 12.3. The average Bonchev–Trinajstić information content (AvgIpc) is 2.50. The third kappa shape index (κ3) is 3.81. The number of amides is 3. The summed E-state index contributed by atoms with van der Waals surface area (Å²) in [7, 11) is 0. The van der Waals surface area contributed by atoms with Gasteiger partial charge in [0.05, 0.1) is 0 Å². The molecule has 126 valence electrons. The number of imide groups is 1. The number of carbonyl (C=O) groups excluding carboxylic acids is 3. The number of hydrogen-bond acceptors (Lipinski definition) is 5. The second-order valence-electron chi connectivity index (χ2n) is 5.64. The van der Waals surface area contributed by atoms with Gasteiger partial charge in [-0.05, 0) is 28.8 Å². The summed E-state index contributed by atoms with van der Waals surface area (Å²) < 4.78 is 5.17. The van der Waals surface area contributed by atoms with Gasteiger partial charge in [0.25, 0.3) is 5.91 Å². The minimum Gasteiger partial charge on any atom is -0.507 e. The molecule has 7 nitrogen and oxygen atoms in total. The van der Waals surface area contributed by atoms with Crippen LogP contribution in [0.15, 0.2) is 36.4 Å². The number of nitrogens with one attached hydrogen (secondary N) is 1. The topological polar surface area (TPSA) is 119 Å². The van der Waals surface area contributed by atoms with Crippen molar-refractivity contribution < 1.29 is 24.2 Å². The van der Waals surface area contributed by atoms with Gasteiger partial charge >= 0.3 is 12.0 Å². The zero-order chi connectivity index (χ0) is 17.9. The predicted molar refractivity (Wildman–Crippen MR) is 87.4 cm³/mol. The highest BCUT2D eigenvalue weighted by Gasteiger charge is 2.28. The number of rotatable bonds is 4. The molecule has 0 aliphatic heterocycles. The average molecular weight is 330 g/mol. The molecule has 0 spiro atoms. The first kappa shape index (κ1) is 17.3. The fourth-order valence-electron chi connectivity index (χ4n) is 2.26. The van der Waals surface area contributed by atoms with E-state index in [0.717, 1.165) is 10.8 Å². The van der Waals surface area contributed by atoms with Crippen molar-refractivity contribution in [2.24, 2.45) is 11.7 Å². The standard InChI is InChI=1S/C17H18N2O5/c1-9(2)14(15(21)19-17(18)23)24-16(22)12-7-10-5-3-4-6-11(10)8-13(12)20/h3-9,14,20H,1-2H3,(H3,18,19,21,23)/t14-/m1/s1. The summed E-state index contributed by atoms with van der Waals surface area (Å²) in [6, 6.07) is 9.08. The highest BCUT2D eigenvalue weighted by molar-refractivity contribution is 6.01. The summed E-state index contributed by atoms with van der Waals surface area (Å²) in [5, 5.41) is 13.4. The van der Waals surface area contributed by atoms with Gasteiger partial charge in [0, 0.05) is 0 Å². The van der Waals surface area contributed by atoms with Gasteiger partial charge in [-0.25, -0.2) is 9.59 Å². The van der Waals surface area contributed by atoms with Gasteiger partial charge in [-0.3, -0.25) is 10.1 Å². The second-order valence-corrected chi connectivity index (χ2v) is 5.64. The SMILES string of the molecule is CC(C)[C@@H](OC(=O)c1cc2ccccc2cc1O)C(=O)NC(N)=O. The quantitative estimate of drug-likeness (QED) is 0.740. The Morgan fingerprint density at radius 1 is 1.12 bits per heavy atom. The van der Waals surface area contributed by atoms with E-state index in [1.54, 1.807) is 32.0 Å². The first-order valence-corrected chi connectivity index (χ1v) is 7.32. The molecule has 2 aromatic carbocycles. The molecule has 0 aliphatic rings. The molecule has 0 aliphatic carbocycles. The number of phenolic OH excluding ortho intramolecular Hbond substituents is 1. The molecule has 0 aromatic heterocycles. The van der Waals surface area contributed by atoms with Crippen LogP contribution in [0.1, 0.15) is 24.2 Å². The maximum Gasteiger partial charge on any atom is 0.342 e. The highest BCUT2D eigenvalue weighted by Crippen LogP contribution is 2.26. The van der Waals surface area contributed by atoms with E-state index < -0.39 is 29.9 Å². The van der Waals surface area contributed by atoms with Crippen molar-refractivity contribution in [1.29, 1.82) is 0 Å². The van der Waals surface area contributed by atoms with E-state index in [2.05, 4.69) is 0 Å². The normalized spacial score (nSPS) is 12.0. The van der Waals surface area contributed by atoms with Crippen molar-refractivity contribution in [1.82, 2.24) is 5.32 Å². The molecule has 2 rings (SSSR count). The monoisotopic (exact) mass is 330 g/mol. The number of benzene rings is 2. The Hall–Kier alpha value is -3.09. The van der Waals surface area contributed by atoms with Crippen LogP contribution in [0.3, 0.4) is 0 Å². The van der Waals surface area contributed by atoms with Crippen LogP contribution in [-0.4, -0.2) is 29.1 Å². The van der Waals surface area contributed by atoms with Crippen LogP contribution in [0.25, 0.3) is 10.8 Å². The van der Waals surface area contributed by atoms with Crippen molar-refractivity contribution in [2.45, 2.75) is 20.0 Å². The fraction of sp³-hybridized carbons (Fsp3) is 0.235. The van der Waals surface area contributed by atoms with Gasteiger partial charge < -0.3 is 15.6 Å². The van der Waals surface area contributed by atoms with E-state index in [9.17, 15) is 19.5 Å². The fourth-order valence-corrected chi connectivity index (χ4v) is 2.26. The molecule has 0 bridgehead atoms. The van der Waals surface area contributed by atoms with Crippen molar-refractivity contribution in [2.75, 3.05) is 0 Å². The minimum absolute atomic E-state index is 0.0637. The lowest BCUT2D eigenvalue weighted by Crippen LogP contribution is -2.45. The number of esters is 1. The largest absolute Gasteiger partial charge is 0.507 e. The molecule has 4 N–H and O–H groups in total. The van der Waals surface area contributed by atoms with Crippen molar-refractivity contribution in [3.63, 3.8) is 0 Å². The van der Waals surface area contributed by atoms with Crippen LogP contribution >= 0.6 is 0 Å². The molecule has 0 heterocycles. The number of hydrogen-bond donors (Lipinski definition) is 3. The zero-order valence-electron chi connectivity index (χ0n) is 13.3. The molecular weight excluding hydrogens is 312 g/mol. The number of carbonyl (C=O) groups is 3. The molecule has 2 aromatic rings. The molecule has 7 heteroatoms. The summed E-state index contributed by atoms with van der Waals surface area (Å²) >= 11 is 0. The molecule has 0 radical (unpaired) electrons. The van der Waals surface area contributed by atoms with Crippen LogP contribution in [-0.2, 0) is 9.53 Å². The summed E-state index contributed by atoms with van der Waals surface area (Å²) in [5.74, 6) is -2.32. The number of aromatic hydroxyl groups is 1. The lowest BCUT2D eigenvalue weighted by molar-refractivity contribution is -0.130. The Morgan fingerprint density at radius 2 is 1.71 bits per heavy atom. The first-order valence-electron chi connectivity index (χ1n) is 7.32. The summed E-state index contributed by atoms with van der Waals surface area (Å²) in [4.78, 5) is 35.0. The van der Waals surface area contributed by atoms with Gasteiger partial charge in [-0.2, -0.15) is 0 Å². The number of ether oxygens (including phenoxy) is 1. The number of primary amides is 1. The third-order valence-electron chi connectivity index (χ3n) is 3.43. The van der Waals surface area contributed by atoms with E-state index in [1.807, 2.05) is 11.4 Å². The van der Waals surface area contributed by atoms with E-state index in [0.29, 0.717) is 0 Å². The van der Waals surface area contributed by atoms with Crippen molar-refractivity contribution in [3.05, 3.63) is 42.0 Å². The molecule has 0 fully saturated rings. The Labute approximate surface area is 138 Å². The highest BCUT2D eigenvalue weighted by atomic mass is 16.5. The van der Waals surface area contributed by atoms with Crippen LogP contribution in [0.5, 0.6) is 5.75 Å². The smallest absolute Gasteiger partial charge is 0.342 e. The maximum atomic E-state index is 12.3. The van der Waals surface area contributed by atoms with E-state index in [-0.39, 0.29) is 11.3 Å². The Balaban J connectivity index is 2.28. The van der Waals surface area contributed by atoms with Gasteiger partial charge in [-0.1, -0.05) is 38.1 Å². The van der Waals surface area contributed by atoms with E-state index >= 15 is 0 Å². The Kier molecular flexibility index (Phi) is 5.03. The van der Waals surface area contributed by atoms with Gasteiger partial charge in [0.15, 0.2) is 6.10 Å². The van der Waals surface area contributed by atoms with Crippen molar-refractivity contribution >= 4 is 28.7 Å². The molecule has 24 heavy (non-hydrogen) atoms. The Bertz CT molecular complexity index is 801. The third-order valence-corrected chi connectivity index (χ3v) is 3.43. The number of phenols is 1. The first-order chi connectivity index (χ1) is 11.3. The van der Waals surface area contributed by atoms with Gasteiger partial charge in [-0.15, -0.1) is 0 Å². The van der Waals surface area contributed by atoms with Crippen molar-refractivity contribution in [3.8, 4) is 5.75 Å². The molecular formula is C17H18N2O5. The number of urea groups is 1. The number of fused-ring (bicyclic) bond motifs is 1. The lowest BCUT2D eigenvalue weighted by Gasteiger charge is -2.20. The van der Waals surface area contributed by atoms with E-state index in [4.69, 9.17) is 10.5 Å². The predicted octanol–water partition coefficient (Wildman–Crippen LogP) is 1.92. The van der Waals surface area contributed by atoms with Crippen LogP contribution in [0, 0.1) is 5.92 Å². The molecule has 0 saturated carbocycles. The molecule has 3 amide bonds. The summed E-state index contributed by atoms with van der Waals surface area (Å²) in [6.45, 7) is 3.30. The van der Waals surface area contributed by atoms with E-state index in [1.165, 1.54) is 12.1 Å². The molecule has 0 saturated heterocycles. The van der Waals surface area contributed by atoms with Gasteiger partial charge in [0.1, 0.15) is 11.3 Å². The second kappa shape index (κ2) is 6.99. The number of nitrogens with two attached hydrogens (primary N) is 1. The molecule has 1 atom stereocenters. The zero-order valence-corrected chi connectivity index (χ0v) is 13.3. The minimum atomic E-state index is -1.21. The summed E-state index contributed by atoms with van der Waals surface area (Å²) in [5.41, 5.74) is 4.84. The Morgan fingerprint density at radius 3 is 2.25 bits per heavy atom. The summed E-state index contributed by atoms with van der Waals surface area (Å²) in [6.07, 6.45) is -1.21.